The second kappa shape index (κ2) is 6.59. The number of methoxy groups -OCH3 is 1. The van der Waals surface area contributed by atoms with Crippen molar-refractivity contribution in [2.75, 3.05) is 7.11 Å². The van der Waals surface area contributed by atoms with Gasteiger partial charge in [0, 0.05) is 17.2 Å². The summed E-state index contributed by atoms with van der Waals surface area (Å²) in [6, 6.07) is 9.50. The van der Waals surface area contributed by atoms with Crippen LogP contribution in [0.5, 0.6) is 11.5 Å². The Morgan fingerprint density at radius 1 is 1.25 bits per heavy atom. The first kappa shape index (κ1) is 14.6. The van der Waals surface area contributed by atoms with E-state index in [9.17, 15) is 9.50 Å². The highest BCUT2D eigenvalue weighted by Crippen LogP contribution is 2.27. The highest BCUT2D eigenvalue weighted by molar-refractivity contribution is 6.31. The highest BCUT2D eigenvalue weighted by atomic mass is 35.5. The monoisotopic (exact) mass is 296 g/mol. The van der Waals surface area contributed by atoms with Gasteiger partial charge in [-0.15, -0.1) is 0 Å². The zero-order valence-corrected chi connectivity index (χ0v) is 11.7. The fraction of sp³-hybridized carbons (Fsp3) is 0.200. The molecule has 1 N–H and O–H groups in total. The molecule has 2 aromatic carbocycles. The topological polar surface area (TPSA) is 38.7 Å². The first-order valence-corrected chi connectivity index (χ1v) is 6.37. The zero-order valence-electron chi connectivity index (χ0n) is 10.9. The van der Waals surface area contributed by atoms with E-state index in [1.807, 2.05) is 0 Å². The van der Waals surface area contributed by atoms with Crippen LogP contribution in [0.1, 0.15) is 11.1 Å². The van der Waals surface area contributed by atoms with Gasteiger partial charge in [0.05, 0.1) is 18.7 Å². The summed E-state index contributed by atoms with van der Waals surface area (Å²) in [5.74, 6) is 0.606. The van der Waals surface area contributed by atoms with E-state index in [1.54, 1.807) is 24.3 Å². The van der Waals surface area contributed by atoms with E-state index in [4.69, 9.17) is 21.1 Å². The third-order valence-electron chi connectivity index (χ3n) is 2.88. The summed E-state index contributed by atoms with van der Waals surface area (Å²) in [5, 5.41) is 9.57. The Kier molecular flexibility index (Phi) is 4.82. The second-order valence-electron chi connectivity index (χ2n) is 4.12. The molecule has 0 fully saturated rings. The van der Waals surface area contributed by atoms with Gasteiger partial charge < -0.3 is 14.6 Å². The van der Waals surface area contributed by atoms with Crippen molar-refractivity contribution >= 4 is 11.6 Å². The van der Waals surface area contributed by atoms with E-state index in [0.29, 0.717) is 22.1 Å². The van der Waals surface area contributed by atoms with Gasteiger partial charge in [-0.25, -0.2) is 4.39 Å². The van der Waals surface area contributed by atoms with E-state index in [-0.39, 0.29) is 18.8 Å². The van der Waals surface area contributed by atoms with Crippen molar-refractivity contribution in [3.63, 3.8) is 0 Å². The number of halogens is 2. The van der Waals surface area contributed by atoms with Gasteiger partial charge in [0.15, 0.2) is 0 Å². The molecule has 2 aromatic rings. The number of hydrogen-bond acceptors (Lipinski definition) is 3. The lowest BCUT2D eigenvalue weighted by Gasteiger charge is -2.13. The van der Waals surface area contributed by atoms with Crippen LogP contribution in [0.4, 0.5) is 4.39 Å². The van der Waals surface area contributed by atoms with Gasteiger partial charge in [0.1, 0.15) is 23.9 Å². The second-order valence-corrected chi connectivity index (χ2v) is 4.53. The Morgan fingerprint density at radius 2 is 2.05 bits per heavy atom. The Labute approximate surface area is 121 Å². The summed E-state index contributed by atoms with van der Waals surface area (Å²) < 4.78 is 24.3. The third-order valence-corrected chi connectivity index (χ3v) is 3.23. The van der Waals surface area contributed by atoms with Gasteiger partial charge in [-0.2, -0.15) is 0 Å². The van der Waals surface area contributed by atoms with Crippen LogP contribution >= 0.6 is 11.6 Å². The zero-order chi connectivity index (χ0) is 14.5. The van der Waals surface area contributed by atoms with E-state index < -0.39 is 5.82 Å². The number of ether oxygens (including phenoxy) is 2. The number of aliphatic hydroxyl groups is 1. The fourth-order valence-electron chi connectivity index (χ4n) is 1.75. The molecule has 0 saturated carbocycles. The summed E-state index contributed by atoms with van der Waals surface area (Å²) in [5.41, 5.74) is 0.874. The van der Waals surface area contributed by atoms with E-state index >= 15 is 0 Å². The summed E-state index contributed by atoms with van der Waals surface area (Å²) >= 11 is 5.93. The third kappa shape index (κ3) is 3.21. The average Bonchev–Trinajstić information content (AvgIpc) is 2.46. The van der Waals surface area contributed by atoms with Crippen molar-refractivity contribution in [1.82, 2.24) is 0 Å². The maximum Gasteiger partial charge on any atom is 0.131 e. The van der Waals surface area contributed by atoms with E-state index in [1.165, 1.54) is 19.2 Å². The molecule has 0 amide bonds. The molecule has 0 radical (unpaired) electrons. The molecule has 0 aliphatic rings. The maximum atomic E-state index is 13.6. The number of rotatable bonds is 5. The molecule has 0 spiro atoms. The minimum atomic E-state index is -0.425. The molecule has 20 heavy (non-hydrogen) atoms. The van der Waals surface area contributed by atoms with E-state index in [0.717, 1.165) is 0 Å². The molecule has 0 heterocycles. The first-order valence-electron chi connectivity index (χ1n) is 5.99. The van der Waals surface area contributed by atoms with Crippen molar-refractivity contribution in [2.45, 2.75) is 13.2 Å². The Hall–Kier alpha value is -1.78. The molecule has 106 valence electrons. The van der Waals surface area contributed by atoms with Crippen molar-refractivity contribution in [3.05, 3.63) is 58.4 Å². The summed E-state index contributed by atoms with van der Waals surface area (Å²) in [6.07, 6.45) is 0. The summed E-state index contributed by atoms with van der Waals surface area (Å²) in [6.45, 7) is -0.198. The van der Waals surface area contributed by atoms with Crippen LogP contribution in [0.3, 0.4) is 0 Å². The van der Waals surface area contributed by atoms with Crippen LogP contribution in [0.25, 0.3) is 0 Å². The number of aliphatic hydroxyl groups excluding tert-OH is 1. The Bertz CT molecular complexity index is 581. The van der Waals surface area contributed by atoms with Gasteiger partial charge in [-0.05, 0) is 24.3 Å². The molecule has 0 aliphatic heterocycles. The molecule has 0 aliphatic carbocycles. The van der Waals surface area contributed by atoms with Gasteiger partial charge in [0.2, 0.25) is 0 Å². The SMILES string of the molecule is COc1ccc(CO)c(OCc2c(F)cccc2Cl)c1. The predicted molar refractivity (Wildman–Crippen MR) is 74.7 cm³/mol. The quantitative estimate of drug-likeness (QED) is 0.917. The molecule has 5 heteroatoms. The minimum Gasteiger partial charge on any atom is -0.497 e. The number of hydrogen-bond donors (Lipinski definition) is 1. The maximum absolute atomic E-state index is 13.6. The molecule has 0 bridgehead atoms. The van der Waals surface area contributed by atoms with Crippen LogP contribution in [-0.2, 0) is 13.2 Å². The predicted octanol–water partition coefficient (Wildman–Crippen LogP) is 3.56. The molecule has 0 unspecified atom stereocenters. The Balaban J connectivity index is 2.22. The molecule has 3 nitrogen and oxygen atoms in total. The molecule has 0 saturated heterocycles. The van der Waals surface area contributed by atoms with Crippen molar-refractivity contribution in [2.24, 2.45) is 0 Å². The lowest BCUT2D eigenvalue weighted by Crippen LogP contribution is -2.02. The molecular formula is C15H14ClFO3. The smallest absolute Gasteiger partial charge is 0.131 e. The molecular weight excluding hydrogens is 283 g/mol. The van der Waals surface area contributed by atoms with Crippen LogP contribution in [0.15, 0.2) is 36.4 Å². The van der Waals surface area contributed by atoms with Crippen LogP contribution in [0, 0.1) is 5.82 Å². The van der Waals surface area contributed by atoms with Gasteiger partial charge in [-0.1, -0.05) is 17.7 Å². The van der Waals surface area contributed by atoms with Crippen molar-refractivity contribution in [1.29, 1.82) is 0 Å². The van der Waals surface area contributed by atoms with Crippen molar-refractivity contribution in [3.8, 4) is 11.5 Å². The highest BCUT2D eigenvalue weighted by Gasteiger charge is 2.10. The van der Waals surface area contributed by atoms with E-state index in [2.05, 4.69) is 0 Å². The molecule has 0 atom stereocenters. The summed E-state index contributed by atoms with van der Waals surface area (Å²) in [4.78, 5) is 0. The lowest BCUT2D eigenvalue weighted by molar-refractivity contribution is 0.256. The van der Waals surface area contributed by atoms with Crippen molar-refractivity contribution < 1.29 is 19.0 Å². The normalized spacial score (nSPS) is 10.4. The Morgan fingerprint density at radius 3 is 2.70 bits per heavy atom. The van der Waals surface area contributed by atoms with Crippen LogP contribution < -0.4 is 9.47 Å². The average molecular weight is 297 g/mol. The molecule has 2 rings (SSSR count). The van der Waals surface area contributed by atoms with Crippen LogP contribution in [-0.4, -0.2) is 12.2 Å². The first-order chi connectivity index (χ1) is 9.65. The number of benzene rings is 2. The molecule has 0 aromatic heterocycles. The van der Waals surface area contributed by atoms with Gasteiger partial charge in [0.25, 0.3) is 0 Å². The van der Waals surface area contributed by atoms with Gasteiger partial charge >= 0.3 is 0 Å². The van der Waals surface area contributed by atoms with Crippen LogP contribution in [0.2, 0.25) is 5.02 Å². The minimum absolute atomic E-state index is 0.0221. The summed E-state index contributed by atoms with van der Waals surface area (Å²) in [7, 11) is 1.53. The lowest BCUT2D eigenvalue weighted by atomic mass is 10.2. The standard InChI is InChI=1S/C15H14ClFO3/c1-19-11-6-5-10(8-18)15(7-11)20-9-12-13(16)3-2-4-14(12)17/h2-7,18H,8-9H2,1H3. The fourth-order valence-corrected chi connectivity index (χ4v) is 1.96. The largest absolute Gasteiger partial charge is 0.497 e. The van der Waals surface area contributed by atoms with Gasteiger partial charge in [-0.3, -0.25) is 0 Å².